The van der Waals surface area contributed by atoms with E-state index in [2.05, 4.69) is 22.5 Å². The third kappa shape index (κ3) is 6.23. The van der Waals surface area contributed by atoms with Gasteiger partial charge < -0.3 is 10.6 Å². The first-order valence-electron chi connectivity index (χ1n) is 11.5. The molecule has 35 heavy (non-hydrogen) atoms. The second-order valence-electron chi connectivity index (χ2n) is 9.17. The van der Waals surface area contributed by atoms with Gasteiger partial charge in [-0.3, -0.25) is 9.79 Å². The minimum absolute atomic E-state index is 0.00756. The largest absolute Gasteiger partial charge is 0.416 e. The molecule has 1 heterocycles. The number of hydrogen-bond acceptors (Lipinski definition) is 3. The molecule has 1 aliphatic carbocycles. The van der Waals surface area contributed by atoms with Gasteiger partial charge in [0, 0.05) is 12.6 Å². The number of rotatable bonds is 5. The lowest BCUT2D eigenvalue weighted by atomic mass is 9.78. The first-order chi connectivity index (χ1) is 16.6. The van der Waals surface area contributed by atoms with Crippen molar-refractivity contribution < 1.29 is 22.4 Å². The van der Waals surface area contributed by atoms with Gasteiger partial charge in [-0.2, -0.15) is 13.2 Å². The molecular formula is C26H26ClF4N3O. The Kier molecular flexibility index (Phi) is 7.50. The number of carbonyl (C=O) groups is 1. The van der Waals surface area contributed by atoms with Gasteiger partial charge in [0.1, 0.15) is 11.7 Å². The monoisotopic (exact) mass is 507 g/mol. The van der Waals surface area contributed by atoms with Crippen molar-refractivity contribution in [2.45, 2.75) is 38.4 Å². The van der Waals surface area contributed by atoms with Gasteiger partial charge in [-0.15, -0.1) is 0 Å². The Bertz CT molecular complexity index is 1140. The van der Waals surface area contributed by atoms with Gasteiger partial charge in [0.25, 0.3) is 5.91 Å². The topological polar surface area (TPSA) is 53.5 Å². The highest BCUT2D eigenvalue weighted by atomic mass is 35.5. The number of aliphatic imine (C=N–C) groups is 1. The van der Waals surface area contributed by atoms with E-state index >= 15 is 0 Å². The van der Waals surface area contributed by atoms with Crippen LogP contribution in [0.25, 0.3) is 5.57 Å². The van der Waals surface area contributed by atoms with Gasteiger partial charge in [0.2, 0.25) is 0 Å². The smallest absolute Gasteiger partial charge is 0.370 e. The van der Waals surface area contributed by atoms with Crippen LogP contribution >= 0.6 is 11.6 Å². The molecule has 186 valence electrons. The minimum atomic E-state index is -4.54. The maximum absolute atomic E-state index is 13.1. The number of amides is 1. The number of carbonyl (C=O) groups excluding carboxylic acids is 1. The van der Waals surface area contributed by atoms with Gasteiger partial charge >= 0.3 is 6.18 Å². The van der Waals surface area contributed by atoms with E-state index in [-0.39, 0.29) is 22.4 Å². The van der Waals surface area contributed by atoms with Crippen molar-refractivity contribution in [3.8, 4) is 0 Å². The van der Waals surface area contributed by atoms with Crippen LogP contribution in [0.4, 0.5) is 17.6 Å². The Morgan fingerprint density at radius 2 is 1.89 bits per heavy atom. The summed E-state index contributed by atoms with van der Waals surface area (Å²) in [6, 6.07) is 8.98. The molecule has 1 fully saturated rings. The van der Waals surface area contributed by atoms with Gasteiger partial charge in [-0.1, -0.05) is 30.7 Å². The molecule has 0 saturated heterocycles. The maximum atomic E-state index is 13.1. The molecule has 2 aromatic carbocycles. The van der Waals surface area contributed by atoms with E-state index in [0.717, 1.165) is 61.0 Å². The molecule has 2 aromatic rings. The normalized spacial score (nSPS) is 22.4. The van der Waals surface area contributed by atoms with Crippen LogP contribution < -0.4 is 10.6 Å². The van der Waals surface area contributed by atoms with E-state index in [1.165, 1.54) is 12.1 Å². The van der Waals surface area contributed by atoms with E-state index in [0.29, 0.717) is 18.4 Å². The summed E-state index contributed by atoms with van der Waals surface area (Å²) in [5.41, 5.74) is 0.903. The van der Waals surface area contributed by atoms with Crippen LogP contribution in [0.2, 0.25) is 5.02 Å². The van der Waals surface area contributed by atoms with Crippen LogP contribution in [-0.4, -0.2) is 30.9 Å². The van der Waals surface area contributed by atoms with Gasteiger partial charge in [-0.05, 0) is 78.6 Å². The van der Waals surface area contributed by atoms with Crippen molar-refractivity contribution in [1.82, 2.24) is 10.6 Å². The Balaban J connectivity index is 1.28. The van der Waals surface area contributed by atoms with E-state index in [1.807, 2.05) is 6.08 Å². The zero-order chi connectivity index (χ0) is 25.2. The average Bonchev–Trinajstić information content (AvgIpc) is 3.27. The summed E-state index contributed by atoms with van der Waals surface area (Å²) in [6.07, 6.45) is -0.266. The Morgan fingerprint density at radius 1 is 1.14 bits per heavy atom. The van der Waals surface area contributed by atoms with Crippen molar-refractivity contribution in [1.29, 1.82) is 0 Å². The number of benzene rings is 2. The molecule has 9 heteroatoms. The zero-order valence-corrected chi connectivity index (χ0v) is 19.9. The SMILES string of the molecule is C[C@@H]1C[C@@H](NC(=O)c2cc(C(F)(F)F)ccc2Cl)CC[C@@H]1CNC1=NCC(c2ccc(F)cc2)=C1. The lowest BCUT2D eigenvalue weighted by Gasteiger charge is -2.35. The molecule has 3 atom stereocenters. The van der Waals surface area contributed by atoms with Crippen LogP contribution in [0, 0.1) is 17.7 Å². The number of nitrogens with zero attached hydrogens (tertiary/aromatic N) is 1. The van der Waals surface area contributed by atoms with Crippen LogP contribution in [0.5, 0.6) is 0 Å². The average molecular weight is 508 g/mol. The highest BCUT2D eigenvalue weighted by molar-refractivity contribution is 6.33. The summed E-state index contributed by atoms with van der Waals surface area (Å²) in [5.74, 6) is 0.595. The Morgan fingerprint density at radius 3 is 2.57 bits per heavy atom. The molecule has 1 aliphatic heterocycles. The molecule has 1 amide bonds. The molecule has 0 unspecified atom stereocenters. The van der Waals surface area contributed by atoms with Crippen molar-refractivity contribution in [3.63, 3.8) is 0 Å². The Hall–Kier alpha value is -2.87. The summed E-state index contributed by atoms with van der Waals surface area (Å²) in [7, 11) is 0. The fourth-order valence-corrected chi connectivity index (χ4v) is 4.84. The lowest BCUT2D eigenvalue weighted by Crippen LogP contribution is -2.42. The number of amidine groups is 1. The summed E-state index contributed by atoms with van der Waals surface area (Å²) < 4.78 is 52.2. The second-order valence-corrected chi connectivity index (χ2v) is 9.58. The molecule has 0 spiro atoms. The minimum Gasteiger partial charge on any atom is -0.370 e. The van der Waals surface area contributed by atoms with Crippen LogP contribution in [0.3, 0.4) is 0 Å². The van der Waals surface area contributed by atoms with E-state index < -0.39 is 17.6 Å². The zero-order valence-electron chi connectivity index (χ0n) is 19.1. The maximum Gasteiger partial charge on any atom is 0.416 e. The molecule has 4 nitrogen and oxygen atoms in total. The lowest BCUT2D eigenvalue weighted by molar-refractivity contribution is -0.137. The standard InChI is InChI=1S/C26H26ClF4N3O/c1-15-10-21(34-25(35)22-12-19(26(29,30)31)5-9-23(22)27)8-4-17(15)13-32-24-11-18(14-33-24)16-2-6-20(28)7-3-16/h2-3,5-7,9,11-12,15,17,21H,4,8,10,13-14H2,1H3,(H,32,33)(H,34,35)/t15-,17-,21+/m1/s1. The van der Waals surface area contributed by atoms with Gasteiger partial charge in [0.15, 0.2) is 0 Å². The molecule has 1 saturated carbocycles. The summed E-state index contributed by atoms with van der Waals surface area (Å²) in [4.78, 5) is 17.2. The van der Waals surface area contributed by atoms with Crippen molar-refractivity contribution in [3.05, 3.63) is 76.1 Å². The molecular weight excluding hydrogens is 482 g/mol. The summed E-state index contributed by atoms with van der Waals surface area (Å²) >= 11 is 6.00. The molecule has 4 rings (SSSR count). The van der Waals surface area contributed by atoms with Crippen molar-refractivity contribution in [2.75, 3.05) is 13.1 Å². The summed E-state index contributed by atoms with van der Waals surface area (Å²) in [5, 5.41) is 6.24. The second kappa shape index (κ2) is 10.4. The quantitative estimate of drug-likeness (QED) is 0.479. The molecule has 0 aromatic heterocycles. The molecule has 0 radical (unpaired) electrons. The van der Waals surface area contributed by atoms with Crippen LogP contribution in [0.15, 0.2) is 53.5 Å². The van der Waals surface area contributed by atoms with Crippen molar-refractivity contribution >= 4 is 28.9 Å². The van der Waals surface area contributed by atoms with E-state index in [9.17, 15) is 22.4 Å². The predicted octanol–water partition coefficient (Wildman–Crippen LogP) is 6.12. The predicted molar refractivity (Wildman–Crippen MR) is 129 cm³/mol. The van der Waals surface area contributed by atoms with Crippen LogP contribution in [-0.2, 0) is 6.18 Å². The first kappa shape index (κ1) is 25.2. The fraction of sp³-hybridized carbons (Fsp3) is 0.385. The fourth-order valence-electron chi connectivity index (χ4n) is 4.64. The number of halogens is 5. The third-order valence-electron chi connectivity index (χ3n) is 6.71. The number of alkyl halides is 3. The van der Waals surface area contributed by atoms with Gasteiger partial charge in [0.05, 0.1) is 22.7 Å². The number of hydrogen-bond donors (Lipinski definition) is 2. The molecule has 0 bridgehead atoms. The summed E-state index contributed by atoms with van der Waals surface area (Å²) in [6.45, 7) is 3.38. The first-order valence-corrected chi connectivity index (χ1v) is 11.9. The third-order valence-corrected chi connectivity index (χ3v) is 7.04. The van der Waals surface area contributed by atoms with Gasteiger partial charge in [-0.25, -0.2) is 4.39 Å². The molecule has 2 aliphatic rings. The van der Waals surface area contributed by atoms with E-state index in [1.54, 1.807) is 12.1 Å². The molecule has 2 N–H and O–H groups in total. The van der Waals surface area contributed by atoms with Crippen molar-refractivity contribution in [2.24, 2.45) is 16.8 Å². The van der Waals surface area contributed by atoms with Crippen LogP contribution in [0.1, 0.15) is 47.7 Å². The van der Waals surface area contributed by atoms with E-state index in [4.69, 9.17) is 11.6 Å². The highest BCUT2D eigenvalue weighted by Crippen LogP contribution is 2.33. The number of nitrogens with one attached hydrogen (secondary N) is 2. The highest BCUT2D eigenvalue weighted by Gasteiger charge is 2.33. The Labute approximate surface area is 206 Å².